The Morgan fingerprint density at radius 2 is 1.59 bits per heavy atom. The second-order valence-electron chi connectivity index (χ2n) is 7.16. The van der Waals surface area contributed by atoms with Gasteiger partial charge in [0.25, 0.3) is 0 Å². The molecule has 0 aromatic heterocycles. The molecule has 0 aliphatic carbocycles. The van der Waals surface area contributed by atoms with Crippen LogP contribution in [0.5, 0.6) is 0 Å². The van der Waals surface area contributed by atoms with E-state index < -0.39 is 10.0 Å². The summed E-state index contributed by atoms with van der Waals surface area (Å²) < 4.78 is 27.0. The summed E-state index contributed by atoms with van der Waals surface area (Å²) in [6, 6.07) is 15.2. The predicted molar refractivity (Wildman–Crippen MR) is 108 cm³/mol. The molecule has 0 spiro atoms. The first-order valence-corrected chi connectivity index (χ1v) is 10.9. The highest BCUT2D eigenvalue weighted by Crippen LogP contribution is 2.24. The Balaban J connectivity index is 1.59. The first kappa shape index (κ1) is 19.6. The molecular weight excluding hydrogens is 360 g/mol. The van der Waals surface area contributed by atoms with E-state index in [0.717, 1.165) is 22.4 Å². The summed E-state index contributed by atoms with van der Waals surface area (Å²) >= 11 is 0. The van der Waals surface area contributed by atoms with Crippen LogP contribution in [0.3, 0.4) is 0 Å². The lowest BCUT2D eigenvalue weighted by atomic mass is 9.97. The molecule has 2 aromatic carbocycles. The zero-order valence-electron chi connectivity index (χ0n) is 15.8. The average Bonchev–Trinajstić information content (AvgIpc) is 2.65. The number of piperidine rings is 1. The average molecular weight is 387 g/mol. The van der Waals surface area contributed by atoms with E-state index in [0.29, 0.717) is 25.9 Å². The Morgan fingerprint density at radius 3 is 2.22 bits per heavy atom. The molecule has 0 atom stereocenters. The topological polar surface area (TPSA) is 66.5 Å². The zero-order chi connectivity index (χ0) is 19.4. The van der Waals surface area contributed by atoms with Gasteiger partial charge in [0.2, 0.25) is 15.9 Å². The minimum absolute atomic E-state index is 0.0136. The van der Waals surface area contributed by atoms with Crippen LogP contribution in [-0.2, 0) is 20.6 Å². The summed E-state index contributed by atoms with van der Waals surface area (Å²) in [6.45, 7) is 4.66. The zero-order valence-corrected chi connectivity index (χ0v) is 16.6. The van der Waals surface area contributed by atoms with Gasteiger partial charge in [-0.3, -0.25) is 4.79 Å². The number of nitrogens with zero attached hydrogens (tertiary/aromatic N) is 1. The minimum Gasteiger partial charge on any atom is -0.326 e. The maximum absolute atomic E-state index is 12.7. The highest BCUT2D eigenvalue weighted by Gasteiger charge is 2.31. The molecule has 2 aromatic rings. The van der Waals surface area contributed by atoms with Gasteiger partial charge in [-0.25, -0.2) is 12.7 Å². The van der Waals surface area contributed by atoms with Crippen molar-refractivity contribution in [3.8, 4) is 0 Å². The van der Waals surface area contributed by atoms with Gasteiger partial charge < -0.3 is 5.32 Å². The molecule has 1 heterocycles. The number of para-hydroxylation sites is 1. The van der Waals surface area contributed by atoms with E-state index in [1.54, 1.807) is 0 Å². The molecule has 1 fully saturated rings. The number of aryl methyl sites for hydroxylation is 2. The summed E-state index contributed by atoms with van der Waals surface area (Å²) in [4.78, 5) is 12.5. The third-order valence-corrected chi connectivity index (χ3v) is 7.05. The Kier molecular flexibility index (Phi) is 5.97. The van der Waals surface area contributed by atoms with Crippen LogP contribution in [0.15, 0.2) is 48.5 Å². The Morgan fingerprint density at radius 1 is 1.00 bits per heavy atom. The number of benzene rings is 2. The fourth-order valence-electron chi connectivity index (χ4n) is 3.40. The molecule has 1 aliphatic heterocycles. The van der Waals surface area contributed by atoms with Gasteiger partial charge in [-0.15, -0.1) is 0 Å². The van der Waals surface area contributed by atoms with Crippen molar-refractivity contribution in [3.05, 3.63) is 65.2 Å². The number of rotatable bonds is 5. The maximum atomic E-state index is 12.7. The first-order valence-electron chi connectivity index (χ1n) is 9.25. The number of anilines is 1. The van der Waals surface area contributed by atoms with Crippen molar-refractivity contribution < 1.29 is 13.2 Å². The highest BCUT2D eigenvalue weighted by atomic mass is 32.2. The third-order valence-electron chi connectivity index (χ3n) is 5.22. The van der Waals surface area contributed by atoms with Crippen molar-refractivity contribution in [1.29, 1.82) is 0 Å². The molecule has 27 heavy (non-hydrogen) atoms. The largest absolute Gasteiger partial charge is 0.326 e. The SMILES string of the molecule is Cc1ccccc1CS(=O)(=O)N1CCC(C(=O)Nc2ccccc2C)CC1. The van der Waals surface area contributed by atoms with Crippen LogP contribution in [0, 0.1) is 19.8 Å². The molecule has 0 saturated carbocycles. The van der Waals surface area contributed by atoms with Crippen molar-refractivity contribution in [3.63, 3.8) is 0 Å². The maximum Gasteiger partial charge on any atom is 0.227 e. The predicted octanol–water partition coefficient (Wildman–Crippen LogP) is 3.48. The van der Waals surface area contributed by atoms with Gasteiger partial charge in [0.05, 0.1) is 5.75 Å². The van der Waals surface area contributed by atoms with Crippen molar-refractivity contribution in [2.45, 2.75) is 32.4 Å². The van der Waals surface area contributed by atoms with Crippen molar-refractivity contribution >= 4 is 21.6 Å². The first-order chi connectivity index (χ1) is 12.9. The molecular formula is C21H26N2O3S. The summed E-state index contributed by atoms with van der Waals surface area (Å²) in [7, 11) is -3.37. The summed E-state index contributed by atoms with van der Waals surface area (Å²) in [5.41, 5.74) is 3.65. The molecule has 1 amide bonds. The van der Waals surface area contributed by atoms with E-state index >= 15 is 0 Å². The van der Waals surface area contributed by atoms with Crippen LogP contribution >= 0.6 is 0 Å². The number of hydrogen-bond acceptors (Lipinski definition) is 3. The van der Waals surface area contributed by atoms with Gasteiger partial charge >= 0.3 is 0 Å². The van der Waals surface area contributed by atoms with Crippen LogP contribution < -0.4 is 5.32 Å². The van der Waals surface area contributed by atoms with E-state index in [9.17, 15) is 13.2 Å². The standard InChI is InChI=1S/C21H26N2O3S/c1-16-7-3-5-9-19(16)15-27(25,26)23-13-11-18(12-14-23)21(24)22-20-10-6-4-8-17(20)2/h3-10,18H,11-15H2,1-2H3,(H,22,24). The lowest BCUT2D eigenvalue weighted by Crippen LogP contribution is -2.42. The van der Waals surface area contributed by atoms with Gasteiger partial charge in [0.1, 0.15) is 0 Å². The molecule has 144 valence electrons. The number of carbonyl (C=O) groups is 1. The van der Waals surface area contributed by atoms with Crippen molar-refractivity contribution in [2.24, 2.45) is 5.92 Å². The molecule has 6 heteroatoms. The molecule has 0 unspecified atom stereocenters. The Hall–Kier alpha value is -2.18. The van der Waals surface area contributed by atoms with Crippen LogP contribution in [0.2, 0.25) is 0 Å². The number of amides is 1. The second-order valence-corrected chi connectivity index (χ2v) is 9.13. The number of hydrogen-bond donors (Lipinski definition) is 1. The third kappa shape index (κ3) is 4.76. The molecule has 1 aliphatic rings. The van der Waals surface area contributed by atoms with Crippen molar-refractivity contribution in [1.82, 2.24) is 4.31 Å². The summed E-state index contributed by atoms with van der Waals surface area (Å²) in [6.07, 6.45) is 1.09. The van der Waals surface area contributed by atoms with Crippen molar-refractivity contribution in [2.75, 3.05) is 18.4 Å². The number of sulfonamides is 1. The lowest BCUT2D eigenvalue weighted by Gasteiger charge is -2.30. The fraction of sp³-hybridized carbons (Fsp3) is 0.381. The monoisotopic (exact) mass is 386 g/mol. The lowest BCUT2D eigenvalue weighted by molar-refractivity contribution is -0.120. The van der Waals surface area contributed by atoms with E-state index in [4.69, 9.17) is 0 Å². The molecule has 0 bridgehead atoms. The fourth-order valence-corrected chi connectivity index (χ4v) is 5.07. The number of carbonyl (C=O) groups excluding carboxylic acids is 1. The van der Waals surface area contributed by atoms with Gasteiger partial charge in [0, 0.05) is 24.7 Å². The smallest absolute Gasteiger partial charge is 0.227 e. The van der Waals surface area contributed by atoms with Crippen LogP contribution in [0.4, 0.5) is 5.69 Å². The quantitative estimate of drug-likeness (QED) is 0.855. The highest BCUT2D eigenvalue weighted by molar-refractivity contribution is 7.88. The van der Waals surface area contributed by atoms with Crippen LogP contribution in [-0.4, -0.2) is 31.7 Å². The Bertz CT molecular complexity index is 917. The summed E-state index contributed by atoms with van der Waals surface area (Å²) in [5, 5.41) is 2.97. The second kappa shape index (κ2) is 8.23. The molecule has 1 saturated heterocycles. The molecule has 1 N–H and O–H groups in total. The van der Waals surface area contributed by atoms with Gasteiger partial charge in [-0.1, -0.05) is 42.5 Å². The van der Waals surface area contributed by atoms with E-state index in [1.165, 1.54) is 4.31 Å². The minimum atomic E-state index is -3.37. The summed E-state index contributed by atoms with van der Waals surface area (Å²) in [5.74, 6) is -0.172. The molecule has 0 radical (unpaired) electrons. The van der Waals surface area contributed by atoms with E-state index in [1.807, 2.05) is 62.4 Å². The van der Waals surface area contributed by atoms with Gasteiger partial charge in [-0.05, 0) is 49.4 Å². The molecule has 5 nitrogen and oxygen atoms in total. The normalized spacial score (nSPS) is 16.2. The molecule has 3 rings (SSSR count). The van der Waals surface area contributed by atoms with Crippen LogP contribution in [0.1, 0.15) is 29.5 Å². The van der Waals surface area contributed by atoms with E-state index in [2.05, 4.69) is 5.32 Å². The van der Waals surface area contributed by atoms with Gasteiger partial charge in [-0.2, -0.15) is 0 Å². The van der Waals surface area contributed by atoms with Crippen LogP contribution in [0.25, 0.3) is 0 Å². The van der Waals surface area contributed by atoms with E-state index in [-0.39, 0.29) is 17.6 Å². The Labute approximate surface area is 161 Å². The number of nitrogens with one attached hydrogen (secondary N) is 1. The van der Waals surface area contributed by atoms with Gasteiger partial charge in [0.15, 0.2) is 0 Å².